The summed E-state index contributed by atoms with van der Waals surface area (Å²) >= 11 is 0. The third-order valence-corrected chi connectivity index (χ3v) is 3.16. The highest BCUT2D eigenvalue weighted by Gasteiger charge is 2.21. The van der Waals surface area contributed by atoms with Gasteiger partial charge in [-0.2, -0.15) is 0 Å². The Morgan fingerprint density at radius 3 is 2.69 bits per heavy atom. The van der Waals surface area contributed by atoms with E-state index in [1.165, 1.54) is 12.8 Å². The number of nitrogens with one attached hydrogen (secondary N) is 2. The fourth-order valence-electron chi connectivity index (χ4n) is 1.97. The van der Waals surface area contributed by atoms with Crippen LogP contribution in [0.1, 0.15) is 33.1 Å². The maximum atomic E-state index is 11.8. The summed E-state index contributed by atoms with van der Waals surface area (Å²) in [6, 6.07) is 0.0173. The predicted octanol–water partition coefficient (Wildman–Crippen LogP) is 0.587. The lowest BCUT2D eigenvalue weighted by Gasteiger charge is -2.31. The zero-order valence-corrected chi connectivity index (χ0v) is 10.6. The molecule has 1 unspecified atom stereocenters. The third kappa shape index (κ3) is 4.49. The molecule has 1 atom stereocenters. The third-order valence-electron chi connectivity index (χ3n) is 3.16. The van der Waals surface area contributed by atoms with Crippen LogP contribution in [0.4, 0.5) is 0 Å². The van der Waals surface area contributed by atoms with Crippen molar-refractivity contribution in [1.29, 1.82) is 0 Å². The van der Waals surface area contributed by atoms with Gasteiger partial charge in [0.2, 0.25) is 5.91 Å². The normalized spacial score (nSPS) is 19.4. The van der Waals surface area contributed by atoms with Crippen LogP contribution in [0.25, 0.3) is 0 Å². The molecular weight excluding hydrogens is 202 g/mol. The van der Waals surface area contributed by atoms with Crippen molar-refractivity contribution in [1.82, 2.24) is 15.5 Å². The molecule has 0 aliphatic carbocycles. The molecule has 1 saturated heterocycles. The second-order valence-electron chi connectivity index (χ2n) is 4.46. The molecule has 4 nitrogen and oxygen atoms in total. The summed E-state index contributed by atoms with van der Waals surface area (Å²) in [5.74, 6) is 0.179. The number of carbonyl (C=O) groups is 1. The summed E-state index contributed by atoms with van der Waals surface area (Å²) in [5.41, 5.74) is 0. The minimum Gasteiger partial charge on any atom is -0.355 e. The van der Waals surface area contributed by atoms with Gasteiger partial charge < -0.3 is 10.6 Å². The topological polar surface area (TPSA) is 44.4 Å². The molecule has 94 valence electrons. The number of carbonyl (C=O) groups excluding carboxylic acids is 1. The predicted molar refractivity (Wildman–Crippen MR) is 66.4 cm³/mol. The van der Waals surface area contributed by atoms with E-state index < -0.39 is 0 Å². The van der Waals surface area contributed by atoms with E-state index in [0.29, 0.717) is 0 Å². The molecule has 2 N–H and O–H groups in total. The molecule has 1 aliphatic rings. The Hall–Kier alpha value is -0.610. The van der Waals surface area contributed by atoms with Crippen LogP contribution in [0.2, 0.25) is 0 Å². The standard InChI is InChI=1S/C12H25N3O/c1-3-4-5-6-14-12(16)11(2)15-9-7-13-8-10-15/h11,13H,3-10H2,1-2H3,(H,14,16). The van der Waals surface area contributed by atoms with E-state index in [-0.39, 0.29) is 11.9 Å². The average molecular weight is 227 g/mol. The van der Waals surface area contributed by atoms with Crippen LogP contribution in [0, 0.1) is 0 Å². The molecule has 0 radical (unpaired) electrons. The van der Waals surface area contributed by atoms with Crippen LogP contribution in [0.5, 0.6) is 0 Å². The van der Waals surface area contributed by atoms with E-state index in [2.05, 4.69) is 22.5 Å². The quantitative estimate of drug-likeness (QED) is 0.653. The molecule has 1 fully saturated rings. The van der Waals surface area contributed by atoms with Crippen LogP contribution in [0.15, 0.2) is 0 Å². The van der Waals surface area contributed by atoms with Crippen LogP contribution in [-0.2, 0) is 4.79 Å². The minimum absolute atomic E-state index is 0.0173. The molecule has 4 heteroatoms. The summed E-state index contributed by atoms with van der Waals surface area (Å²) in [5, 5.41) is 6.31. The van der Waals surface area contributed by atoms with Gasteiger partial charge in [0.25, 0.3) is 0 Å². The van der Waals surface area contributed by atoms with Crippen molar-refractivity contribution in [3.63, 3.8) is 0 Å². The molecule has 0 bridgehead atoms. The fraction of sp³-hybridized carbons (Fsp3) is 0.917. The number of unbranched alkanes of at least 4 members (excludes halogenated alkanes) is 2. The van der Waals surface area contributed by atoms with Crippen LogP contribution in [0.3, 0.4) is 0 Å². The number of amides is 1. The first-order valence-electron chi connectivity index (χ1n) is 6.48. The van der Waals surface area contributed by atoms with Crippen molar-refractivity contribution in [3.8, 4) is 0 Å². The van der Waals surface area contributed by atoms with Gasteiger partial charge in [0, 0.05) is 32.7 Å². The maximum absolute atomic E-state index is 11.8. The molecule has 0 aromatic carbocycles. The first kappa shape index (κ1) is 13.5. The SMILES string of the molecule is CCCCCNC(=O)C(C)N1CCNCC1. The number of hydrogen-bond donors (Lipinski definition) is 2. The number of rotatable bonds is 6. The Bertz CT molecular complexity index is 202. The van der Waals surface area contributed by atoms with Crippen molar-refractivity contribution < 1.29 is 4.79 Å². The smallest absolute Gasteiger partial charge is 0.237 e. The second kappa shape index (κ2) is 7.63. The molecule has 0 aromatic heterocycles. The summed E-state index contributed by atoms with van der Waals surface area (Å²) < 4.78 is 0. The molecule has 1 rings (SSSR count). The first-order chi connectivity index (χ1) is 7.75. The van der Waals surface area contributed by atoms with Gasteiger partial charge in [0.1, 0.15) is 0 Å². The van der Waals surface area contributed by atoms with Crippen molar-refractivity contribution in [2.45, 2.75) is 39.2 Å². The highest BCUT2D eigenvalue weighted by molar-refractivity contribution is 5.81. The van der Waals surface area contributed by atoms with E-state index >= 15 is 0 Å². The summed E-state index contributed by atoms with van der Waals surface area (Å²) in [6.45, 7) is 8.93. The Morgan fingerprint density at radius 2 is 2.06 bits per heavy atom. The highest BCUT2D eigenvalue weighted by atomic mass is 16.2. The highest BCUT2D eigenvalue weighted by Crippen LogP contribution is 2.01. The van der Waals surface area contributed by atoms with E-state index in [1.807, 2.05) is 6.92 Å². The number of hydrogen-bond acceptors (Lipinski definition) is 3. The van der Waals surface area contributed by atoms with E-state index in [0.717, 1.165) is 39.1 Å². The summed E-state index contributed by atoms with van der Waals surface area (Å²) in [6.07, 6.45) is 3.49. The van der Waals surface area contributed by atoms with Gasteiger partial charge in [-0.05, 0) is 13.3 Å². The second-order valence-corrected chi connectivity index (χ2v) is 4.46. The monoisotopic (exact) mass is 227 g/mol. The Kier molecular flexibility index (Phi) is 6.42. The van der Waals surface area contributed by atoms with Gasteiger partial charge >= 0.3 is 0 Å². The number of piperazine rings is 1. The lowest BCUT2D eigenvalue weighted by atomic mass is 10.2. The lowest BCUT2D eigenvalue weighted by Crippen LogP contribution is -2.52. The van der Waals surface area contributed by atoms with Gasteiger partial charge in [-0.3, -0.25) is 9.69 Å². The van der Waals surface area contributed by atoms with Gasteiger partial charge in [-0.15, -0.1) is 0 Å². The molecule has 1 amide bonds. The minimum atomic E-state index is 0.0173. The Balaban J connectivity index is 2.18. The zero-order chi connectivity index (χ0) is 11.8. The van der Waals surface area contributed by atoms with Crippen molar-refractivity contribution in [2.24, 2.45) is 0 Å². The molecule has 0 spiro atoms. The molecule has 1 aliphatic heterocycles. The Morgan fingerprint density at radius 1 is 1.38 bits per heavy atom. The Labute approximate surface area is 98.8 Å². The van der Waals surface area contributed by atoms with E-state index in [1.54, 1.807) is 0 Å². The molecular formula is C12H25N3O. The van der Waals surface area contributed by atoms with Crippen LogP contribution >= 0.6 is 0 Å². The first-order valence-corrected chi connectivity index (χ1v) is 6.48. The van der Waals surface area contributed by atoms with Crippen LogP contribution < -0.4 is 10.6 Å². The molecule has 0 saturated carbocycles. The largest absolute Gasteiger partial charge is 0.355 e. The van der Waals surface area contributed by atoms with Gasteiger partial charge in [-0.25, -0.2) is 0 Å². The lowest BCUT2D eigenvalue weighted by molar-refractivity contribution is -0.126. The van der Waals surface area contributed by atoms with Gasteiger partial charge in [-0.1, -0.05) is 19.8 Å². The van der Waals surface area contributed by atoms with Crippen LogP contribution in [-0.4, -0.2) is 49.6 Å². The fourth-order valence-corrected chi connectivity index (χ4v) is 1.97. The molecule has 16 heavy (non-hydrogen) atoms. The number of nitrogens with zero attached hydrogens (tertiary/aromatic N) is 1. The van der Waals surface area contributed by atoms with E-state index in [9.17, 15) is 4.79 Å². The molecule has 1 heterocycles. The van der Waals surface area contributed by atoms with Gasteiger partial charge in [0.05, 0.1) is 6.04 Å². The molecule has 0 aromatic rings. The van der Waals surface area contributed by atoms with Crippen molar-refractivity contribution in [3.05, 3.63) is 0 Å². The van der Waals surface area contributed by atoms with Crippen molar-refractivity contribution >= 4 is 5.91 Å². The van der Waals surface area contributed by atoms with E-state index in [4.69, 9.17) is 0 Å². The van der Waals surface area contributed by atoms with Gasteiger partial charge in [0.15, 0.2) is 0 Å². The maximum Gasteiger partial charge on any atom is 0.237 e. The average Bonchev–Trinajstić information content (AvgIpc) is 2.34. The summed E-state index contributed by atoms with van der Waals surface area (Å²) in [4.78, 5) is 14.1. The van der Waals surface area contributed by atoms with Crippen molar-refractivity contribution in [2.75, 3.05) is 32.7 Å². The summed E-state index contributed by atoms with van der Waals surface area (Å²) in [7, 11) is 0. The zero-order valence-electron chi connectivity index (χ0n) is 10.6.